The van der Waals surface area contributed by atoms with E-state index in [0.717, 1.165) is 30.9 Å². The lowest BCUT2D eigenvalue weighted by atomic mass is 9.95. The van der Waals surface area contributed by atoms with E-state index >= 15 is 0 Å². The molecule has 3 rings (SSSR count). The zero-order chi connectivity index (χ0) is 20.3. The molecule has 1 aliphatic heterocycles. The third-order valence-corrected chi connectivity index (χ3v) is 5.06. The summed E-state index contributed by atoms with van der Waals surface area (Å²) in [7, 11) is 0. The van der Waals surface area contributed by atoms with Crippen molar-refractivity contribution in [2.45, 2.75) is 46.7 Å². The largest absolute Gasteiger partial charge is 0.365 e. The van der Waals surface area contributed by atoms with Gasteiger partial charge in [-0.25, -0.2) is 0 Å². The van der Waals surface area contributed by atoms with Crippen LogP contribution in [0.4, 0.5) is 11.4 Å². The molecule has 0 radical (unpaired) electrons. The maximum absolute atomic E-state index is 12.7. The fraction of sp³-hybridized carbons (Fsp3) is 0.391. The summed E-state index contributed by atoms with van der Waals surface area (Å²) in [6.45, 7) is 8.92. The van der Waals surface area contributed by atoms with Crippen molar-refractivity contribution in [3.05, 3.63) is 59.7 Å². The average molecular weight is 380 g/mol. The van der Waals surface area contributed by atoms with Gasteiger partial charge in [0, 0.05) is 18.5 Å². The van der Waals surface area contributed by atoms with Gasteiger partial charge in [-0.3, -0.25) is 9.59 Å². The number of hydrogen-bond acceptors (Lipinski definition) is 3. The molecule has 0 spiro atoms. The van der Waals surface area contributed by atoms with Crippen molar-refractivity contribution in [1.29, 1.82) is 0 Å². The van der Waals surface area contributed by atoms with E-state index in [-0.39, 0.29) is 11.8 Å². The molecule has 1 unspecified atom stereocenters. The molecule has 5 heteroatoms. The lowest BCUT2D eigenvalue weighted by Crippen LogP contribution is -2.46. The van der Waals surface area contributed by atoms with Gasteiger partial charge in [0.15, 0.2) is 0 Å². The minimum atomic E-state index is -0.609. The van der Waals surface area contributed by atoms with Crippen molar-refractivity contribution < 1.29 is 9.59 Å². The van der Waals surface area contributed by atoms with Gasteiger partial charge in [0.05, 0.1) is 11.4 Å². The van der Waals surface area contributed by atoms with Gasteiger partial charge in [-0.2, -0.15) is 0 Å². The number of carbonyl (C=O) groups excluding carboxylic acids is 2. The molecule has 0 bridgehead atoms. The van der Waals surface area contributed by atoms with Crippen LogP contribution in [0.3, 0.4) is 0 Å². The molecule has 0 fully saturated rings. The minimum Gasteiger partial charge on any atom is -0.365 e. The maximum Gasteiger partial charge on any atom is 0.246 e. The van der Waals surface area contributed by atoms with Crippen LogP contribution in [-0.2, 0) is 22.6 Å². The minimum absolute atomic E-state index is 0.143. The monoisotopic (exact) mass is 379 g/mol. The van der Waals surface area contributed by atoms with E-state index in [1.165, 1.54) is 11.1 Å². The molecule has 1 aliphatic rings. The molecule has 0 saturated carbocycles. The first-order valence-electron chi connectivity index (χ1n) is 9.78. The molecule has 28 heavy (non-hydrogen) atoms. The van der Waals surface area contributed by atoms with Crippen LogP contribution in [0.15, 0.2) is 48.5 Å². The first kappa shape index (κ1) is 19.9. The predicted molar refractivity (Wildman–Crippen MR) is 113 cm³/mol. The number of rotatable bonds is 4. The highest BCUT2D eigenvalue weighted by Gasteiger charge is 2.26. The van der Waals surface area contributed by atoms with Gasteiger partial charge < -0.3 is 15.5 Å². The standard InChI is InChI=1S/C23H29N3O2/c1-16(24-22(28)23(2,3)4)21(27)25-19-11-7-8-12-20(19)26-14-13-17-9-5-6-10-18(17)15-26/h5-12,16H,13-15H2,1-4H3,(H,24,28)(H,25,27). The van der Waals surface area contributed by atoms with Crippen molar-refractivity contribution in [2.75, 3.05) is 16.8 Å². The van der Waals surface area contributed by atoms with Gasteiger partial charge in [-0.05, 0) is 36.6 Å². The second-order valence-electron chi connectivity index (χ2n) is 8.39. The molecule has 2 amide bonds. The predicted octanol–water partition coefficient (Wildman–Crippen LogP) is 3.74. The molecule has 2 aromatic carbocycles. The van der Waals surface area contributed by atoms with E-state index in [1.807, 2.05) is 45.0 Å². The van der Waals surface area contributed by atoms with Crippen LogP contribution >= 0.6 is 0 Å². The van der Waals surface area contributed by atoms with Crippen LogP contribution < -0.4 is 15.5 Å². The molecular weight excluding hydrogens is 350 g/mol. The Bertz CT molecular complexity index is 870. The van der Waals surface area contributed by atoms with Crippen LogP contribution in [0.2, 0.25) is 0 Å². The summed E-state index contributed by atoms with van der Waals surface area (Å²) in [6, 6.07) is 15.7. The highest BCUT2D eigenvalue weighted by molar-refractivity contribution is 5.99. The second kappa shape index (κ2) is 8.05. The summed E-state index contributed by atoms with van der Waals surface area (Å²) in [5.74, 6) is -0.362. The highest BCUT2D eigenvalue weighted by atomic mass is 16.2. The van der Waals surface area contributed by atoms with Gasteiger partial charge in [0.25, 0.3) is 0 Å². The molecule has 0 aromatic heterocycles. The topological polar surface area (TPSA) is 61.4 Å². The second-order valence-corrected chi connectivity index (χ2v) is 8.39. The summed E-state index contributed by atoms with van der Waals surface area (Å²) < 4.78 is 0. The van der Waals surface area contributed by atoms with Gasteiger partial charge >= 0.3 is 0 Å². The summed E-state index contributed by atoms with van der Waals surface area (Å²) >= 11 is 0. The molecule has 2 N–H and O–H groups in total. The SMILES string of the molecule is CC(NC(=O)C(C)(C)C)C(=O)Nc1ccccc1N1CCc2ccccc2C1. The fourth-order valence-corrected chi connectivity index (χ4v) is 3.28. The molecule has 148 valence electrons. The number of para-hydroxylation sites is 2. The maximum atomic E-state index is 12.7. The number of nitrogens with zero attached hydrogens (tertiary/aromatic N) is 1. The smallest absolute Gasteiger partial charge is 0.246 e. The normalized spacial score (nSPS) is 14.8. The number of carbonyl (C=O) groups is 2. The molecule has 1 heterocycles. The molecule has 1 atom stereocenters. The summed E-state index contributed by atoms with van der Waals surface area (Å²) in [5.41, 5.74) is 3.94. The van der Waals surface area contributed by atoms with Crippen molar-refractivity contribution in [3.63, 3.8) is 0 Å². The Kier molecular flexibility index (Phi) is 5.73. The Labute approximate surface area is 167 Å². The molecule has 5 nitrogen and oxygen atoms in total. The third kappa shape index (κ3) is 4.53. The number of benzene rings is 2. The summed E-state index contributed by atoms with van der Waals surface area (Å²) in [4.78, 5) is 27.1. The lowest BCUT2D eigenvalue weighted by molar-refractivity contribution is -0.131. The van der Waals surface area contributed by atoms with Crippen LogP contribution in [0.1, 0.15) is 38.8 Å². The first-order valence-corrected chi connectivity index (χ1v) is 9.78. The average Bonchev–Trinajstić information content (AvgIpc) is 2.67. The third-order valence-electron chi connectivity index (χ3n) is 5.06. The lowest BCUT2D eigenvalue weighted by Gasteiger charge is -2.32. The molecular formula is C23H29N3O2. The Morgan fingerprint density at radius 3 is 2.36 bits per heavy atom. The highest BCUT2D eigenvalue weighted by Crippen LogP contribution is 2.30. The zero-order valence-electron chi connectivity index (χ0n) is 17.1. The van der Waals surface area contributed by atoms with E-state index in [0.29, 0.717) is 0 Å². The van der Waals surface area contributed by atoms with Gasteiger partial charge in [0.1, 0.15) is 6.04 Å². The van der Waals surface area contributed by atoms with Gasteiger partial charge in [-0.15, -0.1) is 0 Å². The van der Waals surface area contributed by atoms with Gasteiger partial charge in [0.2, 0.25) is 11.8 Å². The number of hydrogen-bond donors (Lipinski definition) is 2. The quantitative estimate of drug-likeness (QED) is 0.851. The fourth-order valence-electron chi connectivity index (χ4n) is 3.28. The van der Waals surface area contributed by atoms with Crippen LogP contribution in [0, 0.1) is 5.41 Å². The van der Waals surface area contributed by atoms with Gasteiger partial charge in [-0.1, -0.05) is 57.2 Å². The summed E-state index contributed by atoms with van der Waals surface area (Å²) in [5, 5.41) is 5.78. The van der Waals surface area contributed by atoms with Crippen molar-refractivity contribution in [2.24, 2.45) is 5.41 Å². The van der Waals surface area contributed by atoms with E-state index in [2.05, 4.69) is 39.8 Å². The number of fused-ring (bicyclic) bond motifs is 1. The number of nitrogens with one attached hydrogen (secondary N) is 2. The molecule has 2 aromatic rings. The zero-order valence-corrected chi connectivity index (χ0v) is 17.1. The van der Waals surface area contributed by atoms with E-state index in [9.17, 15) is 9.59 Å². The van der Waals surface area contributed by atoms with Crippen LogP contribution in [0.5, 0.6) is 0 Å². The van der Waals surface area contributed by atoms with Crippen molar-refractivity contribution in [1.82, 2.24) is 5.32 Å². The van der Waals surface area contributed by atoms with Crippen LogP contribution in [0.25, 0.3) is 0 Å². The Balaban J connectivity index is 1.73. The van der Waals surface area contributed by atoms with Crippen molar-refractivity contribution in [3.8, 4) is 0 Å². The Hall–Kier alpha value is -2.82. The summed E-state index contributed by atoms with van der Waals surface area (Å²) in [6.07, 6.45) is 0.983. The van der Waals surface area contributed by atoms with E-state index in [1.54, 1.807) is 6.92 Å². The van der Waals surface area contributed by atoms with Crippen molar-refractivity contribution >= 4 is 23.2 Å². The Morgan fingerprint density at radius 2 is 1.64 bits per heavy atom. The van der Waals surface area contributed by atoms with Crippen LogP contribution in [-0.4, -0.2) is 24.4 Å². The number of amides is 2. The molecule has 0 aliphatic carbocycles. The Morgan fingerprint density at radius 1 is 1.00 bits per heavy atom. The van der Waals surface area contributed by atoms with E-state index < -0.39 is 11.5 Å². The number of anilines is 2. The first-order chi connectivity index (χ1) is 13.3. The van der Waals surface area contributed by atoms with E-state index in [4.69, 9.17) is 0 Å². The molecule has 0 saturated heterocycles.